The third-order valence-electron chi connectivity index (χ3n) is 5.52. The molecule has 0 amide bonds. The summed E-state index contributed by atoms with van der Waals surface area (Å²) in [6, 6.07) is 10.6. The Balaban J connectivity index is 1.83. The van der Waals surface area contributed by atoms with Gasteiger partial charge in [0.1, 0.15) is 5.78 Å². The number of hydrogen-bond donors (Lipinski definition) is 0. The third-order valence-corrected chi connectivity index (χ3v) is 5.52. The summed E-state index contributed by atoms with van der Waals surface area (Å²) in [6.45, 7) is 0. The zero-order chi connectivity index (χ0) is 13.8. The molecule has 1 aromatic carbocycles. The Morgan fingerprint density at radius 1 is 0.950 bits per heavy atom. The SMILES string of the molecule is O=C(CC1CCCC1)C1(c2ccccc2)CCCCC1. The number of Topliss-reactive ketones (excluding diaryl/α,β-unsaturated/α-hetero) is 1. The predicted octanol–water partition coefficient (Wildman–Crippen LogP) is 5.04. The van der Waals surface area contributed by atoms with Gasteiger partial charge in [0.2, 0.25) is 0 Å². The van der Waals surface area contributed by atoms with E-state index in [4.69, 9.17) is 0 Å². The number of hydrogen-bond acceptors (Lipinski definition) is 1. The molecule has 2 fully saturated rings. The van der Waals surface area contributed by atoms with Crippen molar-refractivity contribution >= 4 is 5.78 Å². The topological polar surface area (TPSA) is 17.1 Å². The van der Waals surface area contributed by atoms with Crippen molar-refractivity contribution in [3.8, 4) is 0 Å². The normalized spacial score (nSPS) is 22.8. The largest absolute Gasteiger partial charge is 0.299 e. The minimum absolute atomic E-state index is 0.151. The van der Waals surface area contributed by atoms with Crippen LogP contribution in [0.15, 0.2) is 30.3 Å². The fourth-order valence-corrected chi connectivity index (χ4v) is 4.31. The van der Waals surface area contributed by atoms with Crippen molar-refractivity contribution < 1.29 is 4.79 Å². The predicted molar refractivity (Wildman–Crippen MR) is 82.8 cm³/mol. The van der Waals surface area contributed by atoms with E-state index < -0.39 is 0 Å². The molecule has 0 radical (unpaired) electrons. The maximum atomic E-state index is 13.1. The molecule has 2 aliphatic rings. The van der Waals surface area contributed by atoms with Crippen LogP contribution in [0.2, 0.25) is 0 Å². The molecule has 1 heteroatoms. The maximum Gasteiger partial charge on any atom is 0.143 e. The second-order valence-corrected chi connectivity index (χ2v) is 6.79. The molecule has 1 nitrogen and oxygen atoms in total. The second kappa shape index (κ2) is 6.11. The number of carbonyl (C=O) groups is 1. The standard InChI is InChI=1S/C19H26O/c20-18(15-16-9-5-6-10-16)19(13-7-2-8-14-19)17-11-3-1-4-12-17/h1,3-4,11-12,16H,2,5-10,13-15H2. The first-order chi connectivity index (χ1) is 9.81. The monoisotopic (exact) mass is 270 g/mol. The van der Waals surface area contributed by atoms with Crippen LogP contribution in [0.25, 0.3) is 0 Å². The van der Waals surface area contributed by atoms with Crippen LogP contribution in [0.4, 0.5) is 0 Å². The summed E-state index contributed by atoms with van der Waals surface area (Å²) in [5, 5.41) is 0. The maximum absolute atomic E-state index is 13.1. The summed E-state index contributed by atoms with van der Waals surface area (Å²) in [6.07, 6.45) is 11.9. The van der Waals surface area contributed by atoms with Crippen molar-refractivity contribution in [2.24, 2.45) is 5.92 Å². The Kier molecular flexibility index (Phi) is 4.24. The van der Waals surface area contributed by atoms with Crippen LogP contribution in [0.5, 0.6) is 0 Å². The Morgan fingerprint density at radius 2 is 1.60 bits per heavy atom. The van der Waals surface area contributed by atoms with Crippen LogP contribution >= 0.6 is 0 Å². The fourth-order valence-electron chi connectivity index (χ4n) is 4.31. The first kappa shape index (κ1) is 13.9. The second-order valence-electron chi connectivity index (χ2n) is 6.79. The van der Waals surface area contributed by atoms with E-state index >= 15 is 0 Å². The lowest BCUT2D eigenvalue weighted by molar-refractivity contribution is -0.126. The molecule has 2 saturated carbocycles. The zero-order valence-corrected chi connectivity index (χ0v) is 12.4. The summed E-state index contributed by atoms with van der Waals surface area (Å²) in [7, 11) is 0. The van der Waals surface area contributed by atoms with Gasteiger partial charge in [-0.2, -0.15) is 0 Å². The van der Waals surface area contributed by atoms with Gasteiger partial charge in [0.05, 0.1) is 5.41 Å². The van der Waals surface area contributed by atoms with Crippen molar-refractivity contribution in [2.75, 3.05) is 0 Å². The molecule has 20 heavy (non-hydrogen) atoms. The Hall–Kier alpha value is -1.11. The molecule has 3 rings (SSSR count). The number of ketones is 1. The molecule has 0 atom stereocenters. The van der Waals surface area contributed by atoms with Gasteiger partial charge in [0.25, 0.3) is 0 Å². The molecule has 0 saturated heterocycles. The average Bonchev–Trinajstić information content (AvgIpc) is 3.02. The molecule has 0 bridgehead atoms. The third kappa shape index (κ3) is 2.68. The highest BCUT2D eigenvalue weighted by molar-refractivity contribution is 5.90. The lowest BCUT2D eigenvalue weighted by Gasteiger charge is -2.37. The summed E-state index contributed by atoms with van der Waals surface area (Å²) >= 11 is 0. The minimum Gasteiger partial charge on any atom is -0.299 e. The van der Waals surface area contributed by atoms with Gasteiger partial charge in [0, 0.05) is 6.42 Å². The molecule has 0 unspecified atom stereocenters. The molecule has 0 aliphatic heterocycles. The average molecular weight is 270 g/mol. The summed E-state index contributed by atoms with van der Waals surface area (Å²) in [4.78, 5) is 13.1. The first-order valence-corrected chi connectivity index (χ1v) is 8.40. The lowest BCUT2D eigenvalue weighted by Crippen LogP contribution is -2.38. The van der Waals surface area contributed by atoms with Crippen molar-refractivity contribution in [1.29, 1.82) is 0 Å². The molecule has 2 aliphatic carbocycles. The highest BCUT2D eigenvalue weighted by Gasteiger charge is 2.41. The van der Waals surface area contributed by atoms with E-state index in [1.165, 1.54) is 50.5 Å². The van der Waals surface area contributed by atoms with Crippen molar-refractivity contribution in [3.63, 3.8) is 0 Å². The first-order valence-electron chi connectivity index (χ1n) is 8.40. The van der Waals surface area contributed by atoms with Crippen LogP contribution in [0.1, 0.15) is 69.8 Å². The summed E-state index contributed by atoms with van der Waals surface area (Å²) < 4.78 is 0. The van der Waals surface area contributed by atoms with Gasteiger partial charge in [-0.15, -0.1) is 0 Å². The van der Waals surface area contributed by atoms with Crippen molar-refractivity contribution in [2.45, 2.75) is 69.6 Å². The van der Waals surface area contributed by atoms with Crippen LogP contribution < -0.4 is 0 Å². The van der Waals surface area contributed by atoms with E-state index in [0.717, 1.165) is 19.3 Å². The van der Waals surface area contributed by atoms with Crippen LogP contribution in [0.3, 0.4) is 0 Å². The molecule has 1 aromatic rings. The van der Waals surface area contributed by atoms with Crippen molar-refractivity contribution in [1.82, 2.24) is 0 Å². The number of carbonyl (C=O) groups excluding carboxylic acids is 1. The number of benzene rings is 1. The van der Waals surface area contributed by atoms with Gasteiger partial charge >= 0.3 is 0 Å². The van der Waals surface area contributed by atoms with Gasteiger partial charge < -0.3 is 0 Å². The van der Waals surface area contributed by atoms with Crippen LogP contribution in [-0.4, -0.2) is 5.78 Å². The van der Waals surface area contributed by atoms with Gasteiger partial charge in [-0.3, -0.25) is 4.79 Å². The molecule has 0 spiro atoms. The Labute approximate surface area is 122 Å². The van der Waals surface area contributed by atoms with Gasteiger partial charge in [-0.05, 0) is 24.3 Å². The molecule has 0 heterocycles. The highest BCUT2D eigenvalue weighted by atomic mass is 16.1. The minimum atomic E-state index is -0.151. The molecular formula is C19H26O. The summed E-state index contributed by atoms with van der Waals surface area (Å²) in [5.41, 5.74) is 1.13. The van der Waals surface area contributed by atoms with E-state index in [-0.39, 0.29) is 5.41 Å². The molecular weight excluding hydrogens is 244 g/mol. The van der Waals surface area contributed by atoms with Gasteiger partial charge in [-0.1, -0.05) is 75.3 Å². The van der Waals surface area contributed by atoms with E-state index in [2.05, 4.69) is 30.3 Å². The van der Waals surface area contributed by atoms with Crippen LogP contribution in [-0.2, 0) is 10.2 Å². The quantitative estimate of drug-likeness (QED) is 0.749. The highest BCUT2D eigenvalue weighted by Crippen LogP contribution is 2.42. The zero-order valence-electron chi connectivity index (χ0n) is 12.4. The van der Waals surface area contributed by atoms with E-state index in [9.17, 15) is 4.79 Å². The molecule has 0 aromatic heterocycles. The number of rotatable bonds is 4. The Morgan fingerprint density at radius 3 is 2.25 bits per heavy atom. The van der Waals surface area contributed by atoms with Crippen LogP contribution in [0, 0.1) is 5.92 Å². The van der Waals surface area contributed by atoms with Gasteiger partial charge in [-0.25, -0.2) is 0 Å². The van der Waals surface area contributed by atoms with E-state index in [0.29, 0.717) is 11.7 Å². The molecule has 0 N–H and O–H groups in total. The van der Waals surface area contributed by atoms with Crippen molar-refractivity contribution in [3.05, 3.63) is 35.9 Å². The Bertz CT molecular complexity index is 436. The smallest absolute Gasteiger partial charge is 0.143 e. The lowest BCUT2D eigenvalue weighted by atomic mass is 9.65. The van der Waals surface area contributed by atoms with E-state index in [1.807, 2.05) is 0 Å². The summed E-state index contributed by atoms with van der Waals surface area (Å²) in [5.74, 6) is 1.21. The molecule has 108 valence electrons. The fraction of sp³-hybridized carbons (Fsp3) is 0.632. The van der Waals surface area contributed by atoms with E-state index in [1.54, 1.807) is 0 Å². The van der Waals surface area contributed by atoms with Gasteiger partial charge in [0.15, 0.2) is 0 Å².